The number of carbonyl (C=O) groups is 2. The topological polar surface area (TPSA) is 83.1 Å². The molecule has 0 aliphatic carbocycles. The Balaban J connectivity index is 1.27. The lowest BCUT2D eigenvalue weighted by Gasteiger charge is -2.22. The number of carbonyl (C=O) groups excluding carboxylic acids is 2. The highest BCUT2D eigenvalue weighted by Gasteiger charge is 2.29. The molecule has 0 spiro atoms. The third-order valence-corrected chi connectivity index (χ3v) is 8.82. The lowest BCUT2D eigenvalue weighted by Crippen LogP contribution is -2.51. The first-order valence-electron chi connectivity index (χ1n) is 14.2. The van der Waals surface area contributed by atoms with Crippen molar-refractivity contribution in [3.05, 3.63) is 57.7 Å². The number of thiophene rings is 1. The molecule has 0 bridgehead atoms. The van der Waals surface area contributed by atoms with Crippen molar-refractivity contribution in [3.8, 4) is 10.8 Å². The number of fused-ring (bicyclic) bond motifs is 1. The summed E-state index contributed by atoms with van der Waals surface area (Å²) in [7, 11) is 4.14. The molecule has 2 heterocycles. The quantitative estimate of drug-likeness (QED) is 0.176. The first-order chi connectivity index (χ1) is 19.7. The molecule has 0 radical (unpaired) electrons. The molecule has 2 atom stereocenters. The zero-order valence-electron chi connectivity index (χ0n) is 24.3. The first-order valence-corrected chi connectivity index (χ1v) is 16.1. The van der Waals surface area contributed by atoms with E-state index >= 15 is 0 Å². The maximum absolute atomic E-state index is 13.3. The second-order valence-electron chi connectivity index (χ2n) is 11.3. The van der Waals surface area contributed by atoms with Crippen molar-refractivity contribution in [2.24, 2.45) is 5.92 Å². The Morgan fingerprint density at radius 1 is 1.17 bits per heavy atom. The van der Waals surface area contributed by atoms with Gasteiger partial charge in [0.25, 0.3) is 0 Å². The third kappa shape index (κ3) is 9.83. The lowest BCUT2D eigenvalue weighted by molar-refractivity contribution is -0.124. The number of rotatable bonds is 13. The van der Waals surface area contributed by atoms with Crippen molar-refractivity contribution in [2.45, 2.75) is 51.7 Å². The first kappa shape index (κ1) is 31.5. The monoisotopic (exact) mass is 692 g/mol. The number of ether oxygens (including phenoxy) is 2. The van der Waals surface area contributed by atoms with E-state index in [9.17, 15) is 9.59 Å². The Morgan fingerprint density at radius 3 is 2.73 bits per heavy atom. The van der Waals surface area contributed by atoms with E-state index in [1.807, 2.05) is 44.2 Å². The third-order valence-electron chi connectivity index (χ3n) is 6.94. The van der Waals surface area contributed by atoms with E-state index in [0.29, 0.717) is 18.1 Å². The highest BCUT2D eigenvalue weighted by Crippen LogP contribution is 2.31. The van der Waals surface area contributed by atoms with E-state index in [1.54, 1.807) is 0 Å². The van der Waals surface area contributed by atoms with Gasteiger partial charge in [-0.15, -0.1) is 0 Å². The molecule has 2 aromatic carbocycles. The van der Waals surface area contributed by atoms with Gasteiger partial charge < -0.3 is 25.0 Å². The summed E-state index contributed by atoms with van der Waals surface area (Å²) in [5.41, 5.74) is 1.20. The van der Waals surface area contributed by atoms with Gasteiger partial charge in [0.05, 0.1) is 10.2 Å². The van der Waals surface area contributed by atoms with Crippen LogP contribution in [0.5, 0.6) is 10.8 Å². The van der Waals surface area contributed by atoms with Gasteiger partial charge in [0.1, 0.15) is 11.8 Å². The summed E-state index contributed by atoms with van der Waals surface area (Å²) in [5, 5.41) is 7.52. The fourth-order valence-electron chi connectivity index (χ4n) is 4.95. The average Bonchev–Trinajstić information content (AvgIpc) is 3.53. The zero-order valence-corrected chi connectivity index (χ0v) is 27.3. The van der Waals surface area contributed by atoms with Crippen molar-refractivity contribution in [1.29, 1.82) is 0 Å². The van der Waals surface area contributed by atoms with Crippen LogP contribution < -0.4 is 20.1 Å². The Labute approximate surface area is 260 Å². The van der Waals surface area contributed by atoms with Gasteiger partial charge in [-0.2, -0.15) is 0 Å². The number of hydrogen-bond acceptors (Lipinski definition) is 7. The Morgan fingerprint density at radius 2 is 1.98 bits per heavy atom. The van der Waals surface area contributed by atoms with Gasteiger partial charge in [0, 0.05) is 43.0 Å². The zero-order chi connectivity index (χ0) is 29.4. The van der Waals surface area contributed by atoms with Crippen molar-refractivity contribution in [2.75, 3.05) is 40.3 Å². The number of nitrogens with zero attached hydrogens (tertiary/aromatic N) is 2. The number of amides is 2. The van der Waals surface area contributed by atoms with Crippen molar-refractivity contribution in [1.82, 2.24) is 20.4 Å². The fourth-order valence-corrected chi connectivity index (χ4v) is 6.35. The van der Waals surface area contributed by atoms with E-state index < -0.39 is 12.1 Å². The number of hydrogen-bond donors (Lipinski definition) is 2. The summed E-state index contributed by atoms with van der Waals surface area (Å²) in [5.74, 6) is 0.994. The minimum atomic E-state index is -0.658. The summed E-state index contributed by atoms with van der Waals surface area (Å²) < 4.78 is 13.8. The minimum Gasteiger partial charge on any atom is -0.492 e. The molecule has 4 rings (SSSR count). The molecule has 8 nitrogen and oxygen atoms in total. The van der Waals surface area contributed by atoms with Crippen molar-refractivity contribution in [3.63, 3.8) is 0 Å². The van der Waals surface area contributed by atoms with E-state index in [1.165, 1.54) is 16.9 Å². The van der Waals surface area contributed by atoms with E-state index in [0.717, 1.165) is 58.4 Å². The van der Waals surface area contributed by atoms with Gasteiger partial charge in [-0.05, 0) is 91.0 Å². The van der Waals surface area contributed by atoms with E-state index in [4.69, 9.17) is 9.47 Å². The lowest BCUT2D eigenvalue weighted by atomic mass is 10.0. The fraction of sp³-hybridized carbons (Fsp3) is 0.484. The SMILES string of the molecule is CC(C)C[C@H](NC(=O)Oc1cc2ccccc2s1)C(=O)N[C@H]1CCN(Cc2ccc(I)c(OCCCN(C)C)c2)C1. The van der Waals surface area contributed by atoms with Crippen LogP contribution in [-0.4, -0.2) is 74.2 Å². The molecule has 0 saturated carbocycles. The van der Waals surface area contributed by atoms with Crippen LogP contribution in [0.15, 0.2) is 48.5 Å². The highest BCUT2D eigenvalue weighted by molar-refractivity contribution is 14.1. The van der Waals surface area contributed by atoms with Crippen LogP contribution in [0, 0.1) is 9.49 Å². The predicted molar refractivity (Wildman–Crippen MR) is 174 cm³/mol. The maximum Gasteiger partial charge on any atom is 0.414 e. The Kier molecular flexibility index (Phi) is 11.7. The molecular weight excluding hydrogens is 651 g/mol. The molecular formula is C31H41IN4O4S. The van der Waals surface area contributed by atoms with Crippen LogP contribution in [0.25, 0.3) is 10.1 Å². The second kappa shape index (κ2) is 15.2. The van der Waals surface area contributed by atoms with Crippen LogP contribution in [0.2, 0.25) is 0 Å². The van der Waals surface area contributed by atoms with Crippen LogP contribution in [-0.2, 0) is 11.3 Å². The van der Waals surface area contributed by atoms with Crippen LogP contribution in [0.1, 0.15) is 38.7 Å². The van der Waals surface area contributed by atoms with Crippen molar-refractivity contribution < 1.29 is 19.1 Å². The average molecular weight is 693 g/mol. The molecule has 41 heavy (non-hydrogen) atoms. The molecule has 2 amide bonds. The summed E-state index contributed by atoms with van der Waals surface area (Å²) in [6, 6.07) is 15.5. The van der Waals surface area contributed by atoms with Gasteiger partial charge >= 0.3 is 6.09 Å². The molecule has 2 N–H and O–H groups in total. The maximum atomic E-state index is 13.3. The molecule has 1 fully saturated rings. The largest absolute Gasteiger partial charge is 0.492 e. The van der Waals surface area contributed by atoms with Gasteiger partial charge in [-0.3, -0.25) is 9.69 Å². The molecule has 10 heteroatoms. The minimum absolute atomic E-state index is 0.0307. The number of halogens is 1. The van der Waals surface area contributed by atoms with Crippen LogP contribution in [0.3, 0.4) is 0 Å². The predicted octanol–water partition coefficient (Wildman–Crippen LogP) is 5.73. The summed E-state index contributed by atoms with van der Waals surface area (Å²) in [4.78, 5) is 30.5. The van der Waals surface area contributed by atoms with E-state index in [2.05, 4.69) is 75.3 Å². The number of likely N-dealkylation sites (tertiary alicyclic amines) is 1. The molecule has 3 aromatic rings. The van der Waals surface area contributed by atoms with Crippen molar-refractivity contribution >= 4 is 56.0 Å². The molecule has 1 aromatic heterocycles. The number of benzene rings is 2. The smallest absolute Gasteiger partial charge is 0.414 e. The summed E-state index contributed by atoms with van der Waals surface area (Å²) in [6.45, 7) is 8.22. The van der Waals surface area contributed by atoms with Gasteiger partial charge in [0.2, 0.25) is 5.91 Å². The normalized spacial score (nSPS) is 16.3. The molecule has 0 unspecified atom stereocenters. The molecule has 1 aliphatic rings. The summed E-state index contributed by atoms with van der Waals surface area (Å²) in [6.07, 6.45) is 1.77. The molecule has 1 saturated heterocycles. The second-order valence-corrected chi connectivity index (χ2v) is 13.5. The van der Waals surface area contributed by atoms with Crippen LogP contribution in [0.4, 0.5) is 4.79 Å². The van der Waals surface area contributed by atoms with Gasteiger partial charge in [-0.1, -0.05) is 49.4 Å². The van der Waals surface area contributed by atoms with Gasteiger partial charge in [-0.25, -0.2) is 4.79 Å². The van der Waals surface area contributed by atoms with E-state index in [-0.39, 0.29) is 17.9 Å². The molecule has 1 aliphatic heterocycles. The Hall–Kier alpha value is -2.41. The highest BCUT2D eigenvalue weighted by atomic mass is 127. The van der Waals surface area contributed by atoms with Crippen LogP contribution >= 0.6 is 33.9 Å². The number of nitrogens with one attached hydrogen (secondary N) is 2. The standard InChI is InChI=1S/C31H41IN4O4S/c1-21(2)16-26(34-31(38)40-29-18-23-8-5-6-9-28(23)41-29)30(37)33-24-12-14-36(20-24)19-22-10-11-25(32)27(17-22)39-15-7-13-35(3)4/h5-6,8-11,17-18,21,24,26H,7,12-16,19-20H2,1-4H3,(H,33,37)(H,34,38)/t24-,26-/m0/s1. The molecule has 222 valence electrons. The summed E-state index contributed by atoms with van der Waals surface area (Å²) >= 11 is 3.73. The van der Waals surface area contributed by atoms with Gasteiger partial charge in [0.15, 0.2) is 5.06 Å². The Bertz CT molecular complexity index is 1280.